The van der Waals surface area contributed by atoms with Crippen molar-refractivity contribution in [2.75, 3.05) is 0 Å². The molecule has 0 spiro atoms. The van der Waals surface area contributed by atoms with Gasteiger partial charge in [0.25, 0.3) is 0 Å². The lowest BCUT2D eigenvalue weighted by molar-refractivity contribution is 0.0797. The van der Waals surface area contributed by atoms with Crippen LogP contribution in [0.4, 0.5) is 4.39 Å². The summed E-state index contributed by atoms with van der Waals surface area (Å²) in [4.78, 5) is 0. The average molecular weight is 118 g/mol. The maximum absolute atomic E-state index is 12.5. The lowest BCUT2D eigenvalue weighted by atomic mass is 10.2. The quantitative estimate of drug-likeness (QED) is 0.576. The van der Waals surface area contributed by atoms with Gasteiger partial charge in [-0.05, 0) is 25.7 Å². The molecule has 0 aromatic heterocycles. The van der Waals surface area contributed by atoms with Crippen molar-refractivity contribution in [2.24, 2.45) is 5.92 Å². The van der Waals surface area contributed by atoms with Crippen molar-refractivity contribution < 1.29 is 9.50 Å². The third-order valence-electron chi connectivity index (χ3n) is 1.53. The van der Waals surface area contributed by atoms with E-state index in [1.54, 1.807) is 0 Å². The van der Waals surface area contributed by atoms with Gasteiger partial charge >= 0.3 is 0 Å². The zero-order valence-electron chi connectivity index (χ0n) is 4.97. The van der Waals surface area contributed by atoms with Gasteiger partial charge in [-0.25, -0.2) is 4.39 Å². The van der Waals surface area contributed by atoms with Gasteiger partial charge in [-0.3, -0.25) is 0 Å². The van der Waals surface area contributed by atoms with E-state index in [1.165, 1.54) is 6.92 Å². The molecule has 1 aliphatic carbocycles. The maximum atomic E-state index is 12.5. The second-order valence-electron chi connectivity index (χ2n) is 2.52. The third-order valence-corrected chi connectivity index (χ3v) is 1.53. The van der Waals surface area contributed by atoms with E-state index in [-0.39, 0.29) is 5.92 Å². The first-order valence-electron chi connectivity index (χ1n) is 3.04. The zero-order chi connectivity index (χ0) is 6.15. The van der Waals surface area contributed by atoms with Gasteiger partial charge in [0.05, 0.1) is 6.10 Å². The molecule has 1 nitrogen and oxygen atoms in total. The second kappa shape index (κ2) is 2.02. The topological polar surface area (TPSA) is 20.2 Å². The Morgan fingerprint density at radius 3 is 2.25 bits per heavy atom. The zero-order valence-corrected chi connectivity index (χ0v) is 4.97. The van der Waals surface area contributed by atoms with Crippen LogP contribution in [0.1, 0.15) is 19.8 Å². The summed E-state index contributed by atoms with van der Waals surface area (Å²) in [6.07, 6.45) is 0.204. The fourth-order valence-electron chi connectivity index (χ4n) is 0.809. The molecule has 0 aliphatic heterocycles. The van der Waals surface area contributed by atoms with Gasteiger partial charge < -0.3 is 5.11 Å². The summed E-state index contributed by atoms with van der Waals surface area (Å²) in [6.45, 7) is 1.50. The van der Waals surface area contributed by atoms with Crippen LogP contribution in [0, 0.1) is 5.92 Å². The van der Waals surface area contributed by atoms with Crippen LogP contribution in [0.2, 0.25) is 0 Å². The Morgan fingerprint density at radius 2 is 2.12 bits per heavy atom. The minimum Gasteiger partial charge on any atom is -0.390 e. The van der Waals surface area contributed by atoms with Crippen LogP contribution >= 0.6 is 0 Å². The monoisotopic (exact) mass is 118 g/mol. The standard InChI is InChI=1S/C6H11FO/c1-4(8)6(7)5-2-3-5/h4-6,8H,2-3H2,1H3. The summed E-state index contributed by atoms with van der Waals surface area (Å²) >= 11 is 0. The highest BCUT2D eigenvalue weighted by Crippen LogP contribution is 2.35. The lowest BCUT2D eigenvalue weighted by Gasteiger charge is -2.07. The van der Waals surface area contributed by atoms with E-state index >= 15 is 0 Å². The molecule has 1 rings (SSSR count). The highest BCUT2D eigenvalue weighted by molar-refractivity contribution is 4.83. The average Bonchev–Trinajstić information content (AvgIpc) is 2.43. The Balaban J connectivity index is 2.22. The molecule has 2 heteroatoms. The van der Waals surface area contributed by atoms with E-state index in [0.29, 0.717) is 0 Å². The summed E-state index contributed by atoms with van der Waals surface area (Å²) in [6, 6.07) is 0. The fraction of sp³-hybridized carbons (Fsp3) is 1.00. The molecule has 8 heavy (non-hydrogen) atoms. The Labute approximate surface area is 48.5 Å². The summed E-state index contributed by atoms with van der Waals surface area (Å²) in [7, 11) is 0. The number of hydrogen-bond acceptors (Lipinski definition) is 1. The van der Waals surface area contributed by atoms with Gasteiger partial charge in [0, 0.05) is 0 Å². The van der Waals surface area contributed by atoms with Crippen LogP contribution in [-0.2, 0) is 0 Å². The van der Waals surface area contributed by atoms with Gasteiger partial charge in [-0.2, -0.15) is 0 Å². The van der Waals surface area contributed by atoms with E-state index in [9.17, 15) is 4.39 Å². The molecule has 0 bridgehead atoms. The molecule has 0 saturated heterocycles. The molecule has 0 radical (unpaired) electrons. The van der Waals surface area contributed by atoms with Crippen molar-refractivity contribution in [1.82, 2.24) is 0 Å². The minimum atomic E-state index is -0.963. The van der Waals surface area contributed by atoms with Gasteiger partial charge in [-0.1, -0.05) is 0 Å². The number of aliphatic hydroxyl groups excluding tert-OH is 1. The first-order valence-corrected chi connectivity index (χ1v) is 3.04. The fourth-order valence-corrected chi connectivity index (χ4v) is 0.809. The highest BCUT2D eigenvalue weighted by Gasteiger charge is 2.33. The number of hydrogen-bond donors (Lipinski definition) is 1. The number of halogens is 1. The molecule has 0 amide bonds. The molecule has 0 aromatic rings. The Kier molecular flexibility index (Phi) is 1.52. The maximum Gasteiger partial charge on any atom is 0.128 e. The van der Waals surface area contributed by atoms with Crippen molar-refractivity contribution in [1.29, 1.82) is 0 Å². The first kappa shape index (κ1) is 6.02. The van der Waals surface area contributed by atoms with Crippen molar-refractivity contribution >= 4 is 0 Å². The van der Waals surface area contributed by atoms with Crippen molar-refractivity contribution in [3.8, 4) is 0 Å². The van der Waals surface area contributed by atoms with Gasteiger partial charge in [-0.15, -0.1) is 0 Å². The van der Waals surface area contributed by atoms with Gasteiger partial charge in [0.15, 0.2) is 0 Å². The highest BCUT2D eigenvalue weighted by atomic mass is 19.1. The molecular weight excluding hydrogens is 107 g/mol. The molecule has 0 heterocycles. The molecule has 1 saturated carbocycles. The normalized spacial score (nSPS) is 27.4. The van der Waals surface area contributed by atoms with Crippen molar-refractivity contribution in [2.45, 2.75) is 32.0 Å². The van der Waals surface area contributed by atoms with E-state index < -0.39 is 12.3 Å². The Bertz CT molecular complexity index is 76.6. The van der Waals surface area contributed by atoms with Crippen LogP contribution in [-0.4, -0.2) is 17.4 Å². The molecule has 1 aliphatic rings. The van der Waals surface area contributed by atoms with E-state index in [1.807, 2.05) is 0 Å². The smallest absolute Gasteiger partial charge is 0.128 e. The number of aliphatic hydroxyl groups is 1. The predicted molar refractivity (Wildman–Crippen MR) is 29.3 cm³/mol. The summed E-state index contributed by atoms with van der Waals surface area (Å²) in [5.41, 5.74) is 0. The molecule has 48 valence electrons. The van der Waals surface area contributed by atoms with E-state index in [4.69, 9.17) is 5.11 Å². The molecule has 0 aromatic carbocycles. The SMILES string of the molecule is CC(O)C(F)C1CC1. The number of rotatable bonds is 2. The molecule has 2 atom stereocenters. The van der Waals surface area contributed by atoms with Gasteiger partial charge in [0.2, 0.25) is 0 Å². The van der Waals surface area contributed by atoms with Gasteiger partial charge in [0.1, 0.15) is 6.17 Å². The minimum absolute atomic E-state index is 0.176. The predicted octanol–water partition coefficient (Wildman–Crippen LogP) is 1.12. The van der Waals surface area contributed by atoms with Crippen LogP contribution in [0.25, 0.3) is 0 Å². The van der Waals surface area contributed by atoms with Crippen LogP contribution < -0.4 is 0 Å². The molecule has 2 unspecified atom stereocenters. The molecule has 1 fully saturated rings. The molecule has 1 N–H and O–H groups in total. The summed E-state index contributed by atoms with van der Waals surface area (Å²) in [5.74, 6) is 0.176. The lowest BCUT2D eigenvalue weighted by Crippen LogP contribution is -2.19. The van der Waals surface area contributed by atoms with Crippen LogP contribution in [0.15, 0.2) is 0 Å². The molecular formula is C6H11FO. The van der Waals surface area contributed by atoms with Crippen LogP contribution in [0.5, 0.6) is 0 Å². The van der Waals surface area contributed by atoms with E-state index in [2.05, 4.69) is 0 Å². The Morgan fingerprint density at radius 1 is 1.62 bits per heavy atom. The third kappa shape index (κ3) is 1.19. The largest absolute Gasteiger partial charge is 0.390 e. The summed E-state index contributed by atoms with van der Waals surface area (Å²) < 4.78 is 12.5. The Hall–Kier alpha value is -0.110. The second-order valence-corrected chi connectivity index (χ2v) is 2.52. The van der Waals surface area contributed by atoms with Crippen LogP contribution in [0.3, 0.4) is 0 Å². The van der Waals surface area contributed by atoms with Crippen molar-refractivity contribution in [3.63, 3.8) is 0 Å². The van der Waals surface area contributed by atoms with Crippen molar-refractivity contribution in [3.05, 3.63) is 0 Å². The van der Waals surface area contributed by atoms with E-state index in [0.717, 1.165) is 12.8 Å². The summed E-state index contributed by atoms with van der Waals surface area (Å²) in [5, 5.41) is 8.66. The first-order chi connectivity index (χ1) is 3.72. The number of alkyl halides is 1.